The van der Waals surface area contributed by atoms with Crippen molar-refractivity contribution in [2.45, 2.75) is 70.1 Å². The molecule has 13 heteroatoms. The lowest BCUT2D eigenvalue weighted by atomic mass is 9.98. The summed E-state index contributed by atoms with van der Waals surface area (Å²) >= 11 is 0. The SMILES string of the molecule is CCC(C)C(N)C(=O)NC(Cc1ccccc1)C(=O)NC(Cc1ccc(O)cc1)C(=O)NC(CCCN=C(N)N)C(=O)O. The van der Waals surface area contributed by atoms with Crippen LogP contribution in [0.3, 0.4) is 0 Å². The molecule has 0 spiro atoms. The summed E-state index contributed by atoms with van der Waals surface area (Å²) in [5.74, 6) is -3.39. The normalized spacial score (nSPS) is 14.3. The number of amides is 3. The van der Waals surface area contributed by atoms with Gasteiger partial charge in [0.1, 0.15) is 23.9 Å². The number of carbonyl (C=O) groups excluding carboxylic acids is 3. The summed E-state index contributed by atoms with van der Waals surface area (Å²) in [6.45, 7) is 3.92. The van der Waals surface area contributed by atoms with E-state index in [9.17, 15) is 29.4 Å². The first-order chi connectivity index (χ1) is 20.4. The number of hydrogen-bond donors (Lipinski definition) is 8. The lowest BCUT2D eigenvalue weighted by Crippen LogP contribution is -2.58. The second-order valence-corrected chi connectivity index (χ2v) is 10.4. The Morgan fingerprint density at radius 2 is 1.33 bits per heavy atom. The maximum absolute atomic E-state index is 13.7. The van der Waals surface area contributed by atoms with Gasteiger partial charge in [0.05, 0.1) is 6.04 Å². The van der Waals surface area contributed by atoms with Gasteiger partial charge in [-0.15, -0.1) is 0 Å². The number of phenolic OH excluding ortho intramolecular Hbond substituents is 1. The quantitative estimate of drug-likeness (QED) is 0.0702. The molecular formula is C30H43N7O6. The second-order valence-electron chi connectivity index (χ2n) is 10.4. The van der Waals surface area contributed by atoms with E-state index in [2.05, 4.69) is 20.9 Å². The van der Waals surface area contributed by atoms with Crippen molar-refractivity contribution >= 4 is 29.7 Å². The maximum Gasteiger partial charge on any atom is 0.326 e. The fraction of sp³-hybridized carbons (Fsp3) is 0.433. The molecule has 2 aromatic carbocycles. The third-order valence-electron chi connectivity index (χ3n) is 7.04. The molecule has 0 fully saturated rings. The molecule has 0 aliphatic carbocycles. The zero-order valence-electron chi connectivity index (χ0n) is 24.5. The standard InChI is InChI=1S/C30H43N7O6/c1-3-18(2)25(31)28(41)37-24(16-19-8-5-4-6-9-19)27(40)36-23(17-20-11-13-21(38)14-12-20)26(39)35-22(29(42)43)10-7-15-34-30(32)33/h4-6,8-9,11-14,18,22-25,38H,3,7,10,15-17,31H2,1-2H3,(H,35,39)(H,36,40)(H,37,41)(H,42,43)(H4,32,33,34). The van der Waals surface area contributed by atoms with Crippen LogP contribution in [-0.4, -0.2) is 70.6 Å². The van der Waals surface area contributed by atoms with Crippen LogP contribution in [0.5, 0.6) is 5.75 Å². The van der Waals surface area contributed by atoms with Gasteiger partial charge in [0.2, 0.25) is 17.7 Å². The molecule has 0 saturated heterocycles. The van der Waals surface area contributed by atoms with Gasteiger partial charge in [-0.05, 0) is 42.0 Å². The number of carboxylic acids is 1. The van der Waals surface area contributed by atoms with Crippen LogP contribution in [0.4, 0.5) is 0 Å². The summed E-state index contributed by atoms with van der Waals surface area (Å²) in [5, 5.41) is 27.3. The van der Waals surface area contributed by atoms with E-state index < -0.39 is 47.9 Å². The lowest BCUT2D eigenvalue weighted by molar-refractivity contribution is -0.142. The highest BCUT2D eigenvalue weighted by Crippen LogP contribution is 2.13. The van der Waals surface area contributed by atoms with E-state index in [4.69, 9.17) is 17.2 Å². The number of rotatable bonds is 17. The van der Waals surface area contributed by atoms with Gasteiger partial charge in [0.15, 0.2) is 5.96 Å². The number of nitrogens with one attached hydrogen (secondary N) is 3. The number of aliphatic imine (C=N–C) groups is 1. The van der Waals surface area contributed by atoms with Crippen LogP contribution in [0.1, 0.15) is 44.2 Å². The number of benzene rings is 2. The molecule has 234 valence electrons. The van der Waals surface area contributed by atoms with Gasteiger partial charge in [-0.25, -0.2) is 4.79 Å². The van der Waals surface area contributed by atoms with E-state index in [1.807, 2.05) is 19.9 Å². The Morgan fingerprint density at radius 3 is 1.84 bits per heavy atom. The first-order valence-corrected chi connectivity index (χ1v) is 14.2. The molecule has 2 rings (SSSR count). The first-order valence-electron chi connectivity index (χ1n) is 14.2. The minimum absolute atomic E-state index is 0.0173. The van der Waals surface area contributed by atoms with Crippen LogP contribution in [0, 0.1) is 5.92 Å². The average Bonchev–Trinajstić information content (AvgIpc) is 2.98. The Hall–Kier alpha value is -4.65. The second kappa shape index (κ2) is 17.3. The molecule has 0 saturated carbocycles. The number of nitrogens with zero attached hydrogens (tertiary/aromatic N) is 1. The number of hydrogen-bond acceptors (Lipinski definition) is 7. The number of aliphatic carboxylic acids is 1. The van der Waals surface area contributed by atoms with Gasteiger partial charge in [-0.1, -0.05) is 62.7 Å². The highest BCUT2D eigenvalue weighted by Gasteiger charge is 2.31. The van der Waals surface area contributed by atoms with Crippen molar-refractivity contribution in [3.05, 3.63) is 65.7 Å². The molecule has 0 bridgehead atoms. The predicted octanol–water partition coefficient (Wildman–Crippen LogP) is 0.143. The summed E-state index contributed by atoms with van der Waals surface area (Å²) < 4.78 is 0. The molecule has 0 aliphatic rings. The molecule has 0 heterocycles. The van der Waals surface area contributed by atoms with Crippen molar-refractivity contribution in [3.63, 3.8) is 0 Å². The Morgan fingerprint density at radius 1 is 0.814 bits per heavy atom. The van der Waals surface area contributed by atoms with Gasteiger partial charge in [0.25, 0.3) is 0 Å². The number of nitrogens with two attached hydrogens (primary N) is 3. The molecular weight excluding hydrogens is 554 g/mol. The van der Waals surface area contributed by atoms with Gasteiger partial charge in [-0.2, -0.15) is 0 Å². The van der Waals surface area contributed by atoms with E-state index >= 15 is 0 Å². The van der Waals surface area contributed by atoms with E-state index in [-0.39, 0.29) is 49.9 Å². The Kier molecular flexibility index (Phi) is 13.9. The minimum atomic E-state index is -1.27. The molecule has 5 unspecified atom stereocenters. The molecule has 43 heavy (non-hydrogen) atoms. The van der Waals surface area contributed by atoms with Crippen molar-refractivity contribution in [3.8, 4) is 5.75 Å². The predicted molar refractivity (Wildman–Crippen MR) is 163 cm³/mol. The summed E-state index contributed by atoms with van der Waals surface area (Å²) in [7, 11) is 0. The van der Waals surface area contributed by atoms with E-state index in [1.54, 1.807) is 36.4 Å². The summed E-state index contributed by atoms with van der Waals surface area (Å²) in [5.41, 5.74) is 18.1. The molecule has 0 aliphatic heterocycles. The highest BCUT2D eigenvalue weighted by molar-refractivity contribution is 5.94. The topological polar surface area (TPSA) is 235 Å². The zero-order chi connectivity index (χ0) is 31.9. The number of aromatic hydroxyl groups is 1. The van der Waals surface area contributed by atoms with Crippen LogP contribution in [0.15, 0.2) is 59.6 Å². The van der Waals surface area contributed by atoms with E-state index in [0.717, 1.165) is 5.56 Å². The highest BCUT2D eigenvalue weighted by atomic mass is 16.4. The molecule has 11 N–H and O–H groups in total. The molecule has 0 aromatic heterocycles. The van der Waals surface area contributed by atoms with Gasteiger partial charge in [-0.3, -0.25) is 19.4 Å². The molecule has 3 amide bonds. The first kappa shape index (κ1) is 34.6. The summed E-state index contributed by atoms with van der Waals surface area (Å²) in [6.07, 6.45) is 1.09. The van der Waals surface area contributed by atoms with Crippen LogP contribution >= 0.6 is 0 Å². The number of carboxylic acid groups (broad SMARTS) is 1. The number of guanidine groups is 1. The smallest absolute Gasteiger partial charge is 0.326 e. The fourth-order valence-corrected chi connectivity index (χ4v) is 4.22. The summed E-state index contributed by atoms with van der Waals surface area (Å²) in [6, 6.07) is 10.7. The fourth-order valence-electron chi connectivity index (χ4n) is 4.22. The number of phenols is 1. The van der Waals surface area contributed by atoms with Crippen molar-refractivity contribution in [2.75, 3.05) is 6.54 Å². The number of carbonyl (C=O) groups is 4. The monoisotopic (exact) mass is 597 g/mol. The Labute approximate surface area is 251 Å². The Balaban J connectivity index is 2.31. The van der Waals surface area contributed by atoms with Crippen LogP contribution in [0.25, 0.3) is 0 Å². The van der Waals surface area contributed by atoms with E-state index in [1.165, 1.54) is 12.1 Å². The lowest BCUT2D eigenvalue weighted by Gasteiger charge is -2.26. The average molecular weight is 598 g/mol. The van der Waals surface area contributed by atoms with Crippen LogP contribution in [-0.2, 0) is 32.0 Å². The maximum atomic E-state index is 13.7. The zero-order valence-corrected chi connectivity index (χ0v) is 24.5. The van der Waals surface area contributed by atoms with E-state index in [0.29, 0.717) is 12.0 Å². The van der Waals surface area contributed by atoms with Gasteiger partial charge >= 0.3 is 5.97 Å². The molecule has 5 atom stereocenters. The van der Waals surface area contributed by atoms with Gasteiger partial charge in [0, 0.05) is 19.4 Å². The third-order valence-corrected chi connectivity index (χ3v) is 7.04. The molecule has 2 aromatic rings. The summed E-state index contributed by atoms with van der Waals surface area (Å²) in [4.78, 5) is 55.8. The van der Waals surface area contributed by atoms with Crippen molar-refractivity contribution in [1.29, 1.82) is 0 Å². The Bertz CT molecular complexity index is 1240. The third kappa shape index (κ3) is 12.0. The van der Waals surface area contributed by atoms with Gasteiger partial charge < -0.3 is 43.4 Å². The molecule has 13 nitrogen and oxygen atoms in total. The molecule has 0 radical (unpaired) electrons. The van der Waals surface area contributed by atoms with Crippen molar-refractivity contribution < 1.29 is 29.4 Å². The largest absolute Gasteiger partial charge is 0.508 e. The van der Waals surface area contributed by atoms with Crippen molar-refractivity contribution in [1.82, 2.24) is 16.0 Å². The minimum Gasteiger partial charge on any atom is -0.508 e. The van der Waals surface area contributed by atoms with Crippen LogP contribution < -0.4 is 33.2 Å². The van der Waals surface area contributed by atoms with Crippen LogP contribution in [0.2, 0.25) is 0 Å². The van der Waals surface area contributed by atoms with Crippen molar-refractivity contribution in [2.24, 2.45) is 28.1 Å².